The van der Waals surface area contributed by atoms with Gasteiger partial charge in [-0.2, -0.15) is 0 Å². The predicted octanol–water partition coefficient (Wildman–Crippen LogP) is 2.63. The van der Waals surface area contributed by atoms with Gasteiger partial charge < -0.3 is 19.2 Å². The summed E-state index contributed by atoms with van der Waals surface area (Å²) in [5.74, 6) is -2.56. The van der Waals surface area contributed by atoms with Crippen LogP contribution in [0.5, 0.6) is 0 Å². The van der Waals surface area contributed by atoms with Gasteiger partial charge in [0.05, 0.1) is 36.1 Å². The number of rotatable bonds is 7. The molecule has 0 bridgehead atoms. The Labute approximate surface area is 161 Å². The summed E-state index contributed by atoms with van der Waals surface area (Å²) in [6.07, 6.45) is 0. The monoisotopic (exact) mass is 387 g/mol. The number of benzene rings is 1. The van der Waals surface area contributed by atoms with Crippen LogP contribution in [0.4, 0.5) is 0 Å². The second-order valence-electron chi connectivity index (χ2n) is 5.88. The van der Waals surface area contributed by atoms with Crippen molar-refractivity contribution in [1.82, 2.24) is 4.98 Å². The van der Waals surface area contributed by atoms with Crippen LogP contribution in [0.15, 0.2) is 24.3 Å². The van der Waals surface area contributed by atoms with Crippen molar-refractivity contribution in [1.29, 1.82) is 0 Å². The lowest BCUT2D eigenvalue weighted by atomic mass is 10.1. The highest BCUT2D eigenvalue weighted by Gasteiger charge is 2.24. The first-order valence-electron chi connectivity index (χ1n) is 8.55. The number of hydrogen-bond acceptors (Lipinski definition) is 7. The van der Waals surface area contributed by atoms with Crippen molar-refractivity contribution in [3.8, 4) is 0 Å². The van der Waals surface area contributed by atoms with Gasteiger partial charge >= 0.3 is 17.9 Å². The van der Waals surface area contributed by atoms with Crippen molar-refractivity contribution in [3.05, 3.63) is 57.9 Å². The summed E-state index contributed by atoms with van der Waals surface area (Å²) < 4.78 is 14.7. The molecule has 0 aliphatic carbocycles. The second kappa shape index (κ2) is 8.98. The van der Waals surface area contributed by atoms with E-state index in [1.165, 1.54) is 19.2 Å². The van der Waals surface area contributed by atoms with E-state index in [1.807, 2.05) is 0 Å². The molecule has 0 saturated carbocycles. The minimum atomic E-state index is -0.833. The van der Waals surface area contributed by atoms with E-state index in [2.05, 4.69) is 9.72 Å². The molecule has 2 rings (SSSR count). The molecule has 1 heterocycles. The Morgan fingerprint density at radius 1 is 0.929 bits per heavy atom. The van der Waals surface area contributed by atoms with Gasteiger partial charge in [-0.3, -0.25) is 4.79 Å². The Kier molecular flexibility index (Phi) is 6.70. The first-order valence-corrected chi connectivity index (χ1v) is 8.55. The summed E-state index contributed by atoms with van der Waals surface area (Å²) in [6.45, 7) is 4.60. The standard InChI is InChI=1S/C20H21NO7/c1-5-27-20(25)16-11(2)17(21-12(16)3)15(22)10-28-19(24)14-9-7-6-8-13(14)18(23)26-4/h6-9,21H,5,10H2,1-4H3. The molecule has 0 atom stereocenters. The van der Waals surface area contributed by atoms with E-state index in [4.69, 9.17) is 9.47 Å². The molecular formula is C20H21NO7. The lowest BCUT2D eigenvalue weighted by molar-refractivity contribution is 0.0461. The van der Waals surface area contributed by atoms with Crippen LogP contribution in [0, 0.1) is 13.8 Å². The van der Waals surface area contributed by atoms with E-state index in [1.54, 1.807) is 32.9 Å². The average Bonchev–Trinajstić information content (AvgIpc) is 2.99. The fourth-order valence-electron chi connectivity index (χ4n) is 2.77. The van der Waals surface area contributed by atoms with Gasteiger partial charge in [0, 0.05) is 5.69 Å². The number of carbonyl (C=O) groups excluding carboxylic acids is 4. The number of esters is 3. The second-order valence-corrected chi connectivity index (χ2v) is 5.88. The average molecular weight is 387 g/mol. The Bertz CT molecular complexity index is 927. The quantitative estimate of drug-likeness (QED) is 0.441. The van der Waals surface area contributed by atoms with E-state index >= 15 is 0 Å². The fourth-order valence-corrected chi connectivity index (χ4v) is 2.77. The van der Waals surface area contributed by atoms with Gasteiger partial charge in [0.2, 0.25) is 5.78 Å². The van der Waals surface area contributed by atoms with E-state index in [0.29, 0.717) is 11.3 Å². The zero-order valence-corrected chi connectivity index (χ0v) is 16.1. The van der Waals surface area contributed by atoms with Gasteiger partial charge in [-0.15, -0.1) is 0 Å². The van der Waals surface area contributed by atoms with Crippen LogP contribution in [0.2, 0.25) is 0 Å². The fraction of sp³-hybridized carbons (Fsp3) is 0.300. The molecule has 2 aromatic rings. The first kappa shape index (κ1) is 20.9. The highest BCUT2D eigenvalue weighted by Crippen LogP contribution is 2.20. The Morgan fingerprint density at radius 2 is 1.54 bits per heavy atom. The number of aryl methyl sites for hydroxylation is 1. The van der Waals surface area contributed by atoms with Crippen molar-refractivity contribution < 1.29 is 33.4 Å². The van der Waals surface area contributed by atoms with Crippen LogP contribution >= 0.6 is 0 Å². The summed E-state index contributed by atoms with van der Waals surface area (Å²) in [5, 5.41) is 0. The van der Waals surface area contributed by atoms with Gasteiger partial charge in [-0.25, -0.2) is 14.4 Å². The summed E-state index contributed by atoms with van der Waals surface area (Å²) in [5.41, 5.74) is 1.39. The van der Waals surface area contributed by atoms with Crippen molar-refractivity contribution in [2.24, 2.45) is 0 Å². The van der Waals surface area contributed by atoms with E-state index in [-0.39, 0.29) is 29.0 Å². The Morgan fingerprint density at radius 3 is 2.11 bits per heavy atom. The van der Waals surface area contributed by atoms with Crippen molar-refractivity contribution in [2.75, 3.05) is 20.3 Å². The molecule has 0 unspecified atom stereocenters. The zero-order chi connectivity index (χ0) is 20.8. The summed E-state index contributed by atoms with van der Waals surface area (Å²) in [4.78, 5) is 51.4. The van der Waals surface area contributed by atoms with Gasteiger partial charge in [-0.1, -0.05) is 12.1 Å². The van der Waals surface area contributed by atoms with E-state index < -0.39 is 30.3 Å². The molecule has 0 amide bonds. The SMILES string of the molecule is CCOC(=O)c1c(C)[nH]c(C(=O)COC(=O)c2ccccc2C(=O)OC)c1C. The Hall–Kier alpha value is -3.42. The van der Waals surface area contributed by atoms with E-state index in [0.717, 1.165) is 0 Å². The number of ether oxygens (including phenoxy) is 3. The number of aromatic amines is 1. The lowest BCUT2D eigenvalue weighted by Gasteiger charge is -2.08. The van der Waals surface area contributed by atoms with E-state index in [9.17, 15) is 19.2 Å². The zero-order valence-electron chi connectivity index (χ0n) is 16.1. The maximum Gasteiger partial charge on any atom is 0.340 e. The highest BCUT2D eigenvalue weighted by atomic mass is 16.5. The third-order valence-corrected chi connectivity index (χ3v) is 4.08. The molecule has 0 spiro atoms. The van der Waals surface area contributed by atoms with Crippen LogP contribution in [0.1, 0.15) is 59.7 Å². The van der Waals surface area contributed by atoms with Crippen LogP contribution in [-0.2, 0) is 14.2 Å². The number of Topliss-reactive ketones (excluding diaryl/α,β-unsaturated/α-hetero) is 1. The topological polar surface area (TPSA) is 112 Å². The normalized spacial score (nSPS) is 10.3. The van der Waals surface area contributed by atoms with Crippen molar-refractivity contribution in [3.63, 3.8) is 0 Å². The summed E-state index contributed by atoms with van der Waals surface area (Å²) in [7, 11) is 1.20. The number of nitrogens with one attached hydrogen (secondary N) is 1. The molecule has 0 fully saturated rings. The number of ketones is 1. The minimum absolute atomic E-state index is 0.00579. The Balaban J connectivity index is 2.15. The van der Waals surface area contributed by atoms with Gasteiger partial charge in [-0.05, 0) is 38.5 Å². The molecule has 28 heavy (non-hydrogen) atoms. The van der Waals surface area contributed by atoms with Crippen LogP contribution in [0.25, 0.3) is 0 Å². The molecule has 0 aliphatic heterocycles. The molecule has 0 saturated heterocycles. The number of hydrogen-bond donors (Lipinski definition) is 1. The molecular weight excluding hydrogens is 366 g/mol. The molecule has 0 radical (unpaired) electrons. The maximum absolute atomic E-state index is 12.5. The third-order valence-electron chi connectivity index (χ3n) is 4.08. The van der Waals surface area contributed by atoms with Gasteiger partial charge in [0.1, 0.15) is 0 Å². The lowest BCUT2D eigenvalue weighted by Crippen LogP contribution is -2.18. The summed E-state index contributed by atoms with van der Waals surface area (Å²) in [6, 6.07) is 5.97. The highest BCUT2D eigenvalue weighted by molar-refractivity contribution is 6.05. The van der Waals surface area contributed by atoms with Crippen molar-refractivity contribution in [2.45, 2.75) is 20.8 Å². The molecule has 148 valence electrons. The molecule has 1 aromatic carbocycles. The molecule has 8 heteroatoms. The number of methoxy groups -OCH3 is 1. The minimum Gasteiger partial charge on any atom is -0.465 e. The third kappa shape index (κ3) is 4.28. The predicted molar refractivity (Wildman–Crippen MR) is 98.6 cm³/mol. The maximum atomic E-state index is 12.5. The molecule has 8 nitrogen and oxygen atoms in total. The first-order chi connectivity index (χ1) is 13.3. The van der Waals surface area contributed by atoms with Gasteiger partial charge in [0.25, 0.3) is 0 Å². The van der Waals surface area contributed by atoms with Crippen LogP contribution in [0.3, 0.4) is 0 Å². The number of carbonyl (C=O) groups is 4. The largest absolute Gasteiger partial charge is 0.465 e. The number of aromatic nitrogens is 1. The van der Waals surface area contributed by atoms with Crippen molar-refractivity contribution >= 4 is 23.7 Å². The summed E-state index contributed by atoms with van der Waals surface area (Å²) >= 11 is 0. The van der Waals surface area contributed by atoms with Crippen LogP contribution in [-0.4, -0.2) is 49.0 Å². The molecule has 0 aliphatic rings. The smallest absolute Gasteiger partial charge is 0.340 e. The molecule has 1 aromatic heterocycles. The van der Waals surface area contributed by atoms with Crippen LogP contribution < -0.4 is 0 Å². The van der Waals surface area contributed by atoms with Gasteiger partial charge in [0.15, 0.2) is 6.61 Å². The molecule has 1 N–H and O–H groups in total. The number of H-pyrrole nitrogens is 1.